The van der Waals surface area contributed by atoms with Gasteiger partial charge in [-0.15, -0.1) is 0 Å². The van der Waals surface area contributed by atoms with Crippen LogP contribution in [0.3, 0.4) is 0 Å². The first kappa shape index (κ1) is 12.0. The molecule has 0 aromatic heterocycles. The van der Waals surface area contributed by atoms with E-state index in [1.54, 1.807) is 0 Å². The highest BCUT2D eigenvalue weighted by Crippen LogP contribution is 2.45. The van der Waals surface area contributed by atoms with Crippen molar-refractivity contribution >= 4 is 0 Å². The summed E-state index contributed by atoms with van der Waals surface area (Å²) in [5.41, 5.74) is 0. The maximum absolute atomic E-state index is 2.44. The quantitative estimate of drug-likeness (QED) is 0.574. The van der Waals surface area contributed by atoms with Gasteiger partial charge in [0, 0.05) is 0 Å². The van der Waals surface area contributed by atoms with Crippen molar-refractivity contribution in [2.45, 2.75) is 52.4 Å². The predicted octanol–water partition coefficient (Wildman–Crippen LogP) is 4.97. The Bertz CT molecular complexity index is 233. The van der Waals surface area contributed by atoms with Crippen LogP contribution in [0.5, 0.6) is 0 Å². The van der Waals surface area contributed by atoms with Crippen molar-refractivity contribution in [3.05, 3.63) is 24.3 Å². The largest absolute Gasteiger partial charge is 0.0914 e. The minimum atomic E-state index is 0.893. The molecule has 0 aliphatic heterocycles. The van der Waals surface area contributed by atoms with Crippen LogP contribution in [0.1, 0.15) is 52.4 Å². The maximum atomic E-state index is 2.44. The molecule has 2 saturated carbocycles. The molecule has 0 heteroatoms. The van der Waals surface area contributed by atoms with Gasteiger partial charge in [-0.1, -0.05) is 24.3 Å². The van der Waals surface area contributed by atoms with E-state index in [9.17, 15) is 0 Å². The van der Waals surface area contributed by atoms with Gasteiger partial charge in [0.05, 0.1) is 0 Å². The molecule has 0 bridgehead atoms. The Balaban J connectivity index is 1.89. The van der Waals surface area contributed by atoms with Crippen LogP contribution in [0.2, 0.25) is 0 Å². The molecule has 0 nitrogen and oxygen atoms in total. The van der Waals surface area contributed by atoms with Crippen LogP contribution < -0.4 is 0 Å². The fourth-order valence-corrected chi connectivity index (χ4v) is 3.86. The van der Waals surface area contributed by atoms with E-state index in [0.29, 0.717) is 0 Å². The lowest BCUT2D eigenvalue weighted by atomic mass is 9.65. The Kier molecular flexibility index (Phi) is 4.26. The van der Waals surface area contributed by atoms with Gasteiger partial charge < -0.3 is 0 Å². The maximum Gasteiger partial charge on any atom is -0.0231 e. The van der Waals surface area contributed by atoms with Crippen LogP contribution in [-0.2, 0) is 0 Å². The van der Waals surface area contributed by atoms with Crippen LogP contribution in [0, 0.1) is 23.7 Å². The number of fused-ring (bicyclic) bond motifs is 1. The van der Waals surface area contributed by atoms with E-state index < -0.39 is 0 Å². The molecule has 0 aromatic rings. The second-order valence-electron chi connectivity index (χ2n) is 5.72. The molecule has 90 valence electrons. The molecule has 2 fully saturated rings. The lowest BCUT2D eigenvalue weighted by Gasteiger charge is -2.41. The van der Waals surface area contributed by atoms with Crippen LogP contribution in [0.4, 0.5) is 0 Å². The second kappa shape index (κ2) is 5.70. The molecule has 0 aromatic carbocycles. The van der Waals surface area contributed by atoms with Crippen molar-refractivity contribution in [2.75, 3.05) is 0 Å². The van der Waals surface area contributed by atoms with Crippen molar-refractivity contribution in [3.8, 4) is 0 Å². The van der Waals surface area contributed by atoms with Crippen molar-refractivity contribution in [3.63, 3.8) is 0 Å². The molecule has 4 atom stereocenters. The Morgan fingerprint density at radius 1 is 0.688 bits per heavy atom. The van der Waals surface area contributed by atoms with Crippen molar-refractivity contribution in [1.29, 1.82) is 0 Å². The molecular weight excluding hydrogens is 192 g/mol. The van der Waals surface area contributed by atoms with Crippen molar-refractivity contribution < 1.29 is 0 Å². The highest BCUT2D eigenvalue weighted by atomic mass is 14.4. The van der Waals surface area contributed by atoms with Gasteiger partial charge in [-0.2, -0.15) is 0 Å². The first-order valence-electron chi connectivity index (χ1n) is 7.09. The molecule has 0 radical (unpaired) electrons. The third-order valence-electron chi connectivity index (χ3n) is 4.62. The Morgan fingerprint density at radius 3 is 1.50 bits per heavy atom. The minimum Gasteiger partial charge on any atom is -0.0914 e. The molecule has 0 N–H and O–H groups in total. The van der Waals surface area contributed by atoms with E-state index in [2.05, 4.69) is 38.2 Å². The van der Waals surface area contributed by atoms with Gasteiger partial charge in [0.15, 0.2) is 0 Å². The van der Waals surface area contributed by atoms with Gasteiger partial charge in [-0.25, -0.2) is 0 Å². The van der Waals surface area contributed by atoms with Gasteiger partial charge in [0.25, 0.3) is 0 Å². The highest BCUT2D eigenvalue weighted by molar-refractivity contribution is 4.97. The third-order valence-corrected chi connectivity index (χ3v) is 4.62. The standard InChI is InChI=1S/C16H26/c1-3-5-13-7-9-16-12-14(6-4-2)8-10-15(16)11-13/h3-6,13-16H,7-12H2,1-2H3/b5-3+,6-4+. The highest BCUT2D eigenvalue weighted by Gasteiger charge is 2.33. The molecule has 4 unspecified atom stereocenters. The number of allylic oxidation sites excluding steroid dienone is 4. The fraction of sp³-hybridized carbons (Fsp3) is 0.750. The van der Waals surface area contributed by atoms with E-state index in [1.165, 1.54) is 38.5 Å². The number of rotatable bonds is 2. The molecule has 0 spiro atoms. The molecular formula is C16H26. The first-order chi connectivity index (χ1) is 7.83. The number of hydrogen-bond donors (Lipinski definition) is 0. The first-order valence-corrected chi connectivity index (χ1v) is 7.09. The van der Waals surface area contributed by atoms with Crippen LogP contribution in [-0.4, -0.2) is 0 Å². The van der Waals surface area contributed by atoms with Gasteiger partial charge in [0.1, 0.15) is 0 Å². The Labute approximate surface area is 101 Å². The van der Waals surface area contributed by atoms with E-state index in [4.69, 9.17) is 0 Å². The zero-order valence-electron chi connectivity index (χ0n) is 10.9. The van der Waals surface area contributed by atoms with E-state index in [1.807, 2.05) is 0 Å². The summed E-state index contributed by atoms with van der Waals surface area (Å²) in [5, 5.41) is 0. The van der Waals surface area contributed by atoms with Crippen molar-refractivity contribution in [2.24, 2.45) is 23.7 Å². The summed E-state index contributed by atoms with van der Waals surface area (Å²) in [4.78, 5) is 0. The molecule has 0 heterocycles. The topological polar surface area (TPSA) is 0 Å². The summed E-state index contributed by atoms with van der Waals surface area (Å²) >= 11 is 0. The van der Waals surface area contributed by atoms with Gasteiger partial charge in [0.2, 0.25) is 0 Å². The Hall–Kier alpha value is -0.520. The summed E-state index contributed by atoms with van der Waals surface area (Å²) in [6.45, 7) is 4.32. The molecule has 2 rings (SSSR count). The average molecular weight is 218 g/mol. The molecule has 16 heavy (non-hydrogen) atoms. The van der Waals surface area contributed by atoms with Gasteiger partial charge >= 0.3 is 0 Å². The van der Waals surface area contributed by atoms with Crippen LogP contribution >= 0.6 is 0 Å². The van der Waals surface area contributed by atoms with Crippen LogP contribution in [0.15, 0.2) is 24.3 Å². The lowest BCUT2D eigenvalue weighted by Crippen LogP contribution is -2.30. The summed E-state index contributed by atoms with van der Waals surface area (Å²) < 4.78 is 0. The summed E-state index contributed by atoms with van der Waals surface area (Å²) in [6.07, 6.45) is 18.1. The zero-order chi connectivity index (χ0) is 11.4. The van der Waals surface area contributed by atoms with Gasteiger partial charge in [-0.3, -0.25) is 0 Å². The fourth-order valence-electron chi connectivity index (χ4n) is 3.86. The van der Waals surface area contributed by atoms with Crippen molar-refractivity contribution in [1.82, 2.24) is 0 Å². The Morgan fingerprint density at radius 2 is 1.12 bits per heavy atom. The second-order valence-corrected chi connectivity index (χ2v) is 5.72. The molecule has 2 aliphatic rings. The number of hydrogen-bond acceptors (Lipinski definition) is 0. The van der Waals surface area contributed by atoms with Gasteiger partial charge in [-0.05, 0) is 76.0 Å². The lowest BCUT2D eigenvalue weighted by molar-refractivity contribution is 0.126. The zero-order valence-corrected chi connectivity index (χ0v) is 10.9. The normalized spacial score (nSPS) is 40.4. The average Bonchev–Trinajstić information content (AvgIpc) is 2.30. The predicted molar refractivity (Wildman–Crippen MR) is 71.3 cm³/mol. The minimum absolute atomic E-state index is 0.893. The molecule has 0 amide bonds. The summed E-state index contributed by atoms with van der Waals surface area (Å²) in [6, 6.07) is 0. The summed E-state index contributed by atoms with van der Waals surface area (Å²) in [7, 11) is 0. The van der Waals surface area contributed by atoms with Crippen LogP contribution in [0.25, 0.3) is 0 Å². The monoisotopic (exact) mass is 218 g/mol. The van der Waals surface area contributed by atoms with E-state index >= 15 is 0 Å². The molecule has 0 saturated heterocycles. The molecule has 2 aliphatic carbocycles. The van der Waals surface area contributed by atoms with E-state index in [0.717, 1.165) is 23.7 Å². The van der Waals surface area contributed by atoms with E-state index in [-0.39, 0.29) is 0 Å². The SMILES string of the molecule is C/C=C/C1CCC2CC(/C=C/C)CCC2C1. The summed E-state index contributed by atoms with van der Waals surface area (Å²) in [5.74, 6) is 3.86. The smallest absolute Gasteiger partial charge is 0.0231 e. The third kappa shape index (κ3) is 2.78.